The number of alkyl halides is 3. The zero-order valence-corrected chi connectivity index (χ0v) is 11.5. The van der Waals surface area contributed by atoms with Crippen molar-refractivity contribution in [3.05, 3.63) is 29.3 Å². The van der Waals surface area contributed by atoms with Crippen LogP contribution in [0.1, 0.15) is 37.8 Å². The molecule has 0 aliphatic carbocycles. The molecule has 0 bridgehead atoms. The first-order valence-electron chi connectivity index (χ1n) is 6.72. The maximum Gasteiger partial charge on any atom is 0.417 e. The van der Waals surface area contributed by atoms with E-state index in [0.717, 1.165) is 25.5 Å². The highest BCUT2D eigenvalue weighted by Gasteiger charge is 2.35. The lowest BCUT2D eigenvalue weighted by molar-refractivity contribution is -0.137. The van der Waals surface area contributed by atoms with Gasteiger partial charge in [0.1, 0.15) is 0 Å². The number of hydrogen-bond acceptors (Lipinski definition) is 2. The van der Waals surface area contributed by atoms with E-state index in [1.165, 1.54) is 6.07 Å². The van der Waals surface area contributed by atoms with Crippen molar-refractivity contribution >= 4 is 5.69 Å². The van der Waals surface area contributed by atoms with Gasteiger partial charge in [-0.3, -0.25) is 0 Å². The molecular formula is C15H17F3N2. The Morgan fingerprint density at radius 1 is 1.35 bits per heavy atom. The second kappa shape index (κ2) is 5.35. The molecule has 5 heteroatoms. The molecule has 108 valence electrons. The van der Waals surface area contributed by atoms with Crippen molar-refractivity contribution in [3.63, 3.8) is 0 Å². The number of anilines is 1. The average molecular weight is 282 g/mol. The molecule has 0 amide bonds. The van der Waals surface area contributed by atoms with E-state index < -0.39 is 11.7 Å². The van der Waals surface area contributed by atoms with Crippen LogP contribution in [0.2, 0.25) is 0 Å². The highest BCUT2D eigenvalue weighted by Crippen LogP contribution is 2.37. The molecule has 1 aliphatic rings. The van der Waals surface area contributed by atoms with Crippen molar-refractivity contribution < 1.29 is 13.2 Å². The summed E-state index contributed by atoms with van der Waals surface area (Å²) in [4.78, 5) is 2.03. The summed E-state index contributed by atoms with van der Waals surface area (Å²) in [5.74, 6) is 0.391. The lowest BCUT2D eigenvalue weighted by Crippen LogP contribution is -2.33. The Hall–Kier alpha value is -1.70. The van der Waals surface area contributed by atoms with Crippen molar-refractivity contribution in [3.8, 4) is 6.07 Å². The third-order valence-electron chi connectivity index (χ3n) is 3.83. The molecule has 0 aromatic heterocycles. The summed E-state index contributed by atoms with van der Waals surface area (Å²) in [6.07, 6.45) is -2.50. The van der Waals surface area contributed by atoms with Gasteiger partial charge in [0.2, 0.25) is 0 Å². The Bertz CT molecular complexity index is 529. The van der Waals surface area contributed by atoms with Crippen LogP contribution < -0.4 is 4.90 Å². The van der Waals surface area contributed by atoms with Crippen LogP contribution in [-0.4, -0.2) is 12.6 Å². The van der Waals surface area contributed by atoms with E-state index in [4.69, 9.17) is 5.26 Å². The monoisotopic (exact) mass is 282 g/mol. The van der Waals surface area contributed by atoms with Crippen LogP contribution in [0.3, 0.4) is 0 Å². The van der Waals surface area contributed by atoms with Gasteiger partial charge >= 0.3 is 6.18 Å². The van der Waals surface area contributed by atoms with Gasteiger partial charge in [-0.2, -0.15) is 18.4 Å². The highest BCUT2D eigenvalue weighted by molar-refractivity contribution is 5.56. The molecule has 2 nitrogen and oxygen atoms in total. The number of hydrogen-bond donors (Lipinski definition) is 0. The lowest BCUT2D eigenvalue weighted by atomic mass is 10.0. The molecule has 0 spiro atoms. The second-order valence-corrected chi connectivity index (χ2v) is 5.49. The topological polar surface area (TPSA) is 27.0 Å². The number of nitriles is 1. The van der Waals surface area contributed by atoms with Crippen molar-refractivity contribution in [2.24, 2.45) is 5.92 Å². The molecule has 20 heavy (non-hydrogen) atoms. The van der Waals surface area contributed by atoms with Gasteiger partial charge in [0.25, 0.3) is 0 Å². The lowest BCUT2D eigenvalue weighted by Gasteiger charge is -2.30. The molecule has 1 aliphatic heterocycles. The van der Waals surface area contributed by atoms with Gasteiger partial charge in [0.15, 0.2) is 0 Å². The molecule has 1 saturated heterocycles. The largest absolute Gasteiger partial charge is 0.417 e. The third kappa shape index (κ3) is 2.74. The molecule has 0 saturated carbocycles. The molecule has 1 aromatic carbocycles. The molecule has 0 N–H and O–H groups in total. The Labute approximate surface area is 116 Å². The van der Waals surface area contributed by atoms with Crippen LogP contribution in [0, 0.1) is 17.2 Å². The number of nitrogens with zero attached hydrogens (tertiary/aromatic N) is 2. The maximum absolute atomic E-state index is 13.0. The molecule has 1 fully saturated rings. The van der Waals surface area contributed by atoms with E-state index in [2.05, 4.69) is 13.8 Å². The van der Waals surface area contributed by atoms with Gasteiger partial charge < -0.3 is 4.90 Å². The summed E-state index contributed by atoms with van der Waals surface area (Å²) in [6.45, 7) is 4.93. The van der Waals surface area contributed by atoms with E-state index in [-0.39, 0.29) is 11.6 Å². The Morgan fingerprint density at radius 2 is 2.05 bits per heavy atom. The van der Waals surface area contributed by atoms with Crippen molar-refractivity contribution in [2.45, 2.75) is 38.9 Å². The normalized spacial score (nSPS) is 19.4. The molecule has 1 unspecified atom stereocenters. The predicted molar refractivity (Wildman–Crippen MR) is 71.4 cm³/mol. The van der Waals surface area contributed by atoms with Crippen molar-refractivity contribution in [1.29, 1.82) is 5.26 Å². The molecule has 2 rings (SSSR count). The number of halogens is 3. The molecular weight excluding hydrogens is 265 g/mol. The maximum atomic E-state index is 13.0. The smallest absolute Gasteiger partial charge is 0.368 e. The van der Waals surface area contributed by atoms with Crippen molar-refractivity contribution in [1.82, 2.24) is 0 Å². The van der Waals surface area contributed by atoms with E-state index in [9.17, 15) is 13.2 Å². The average Bonchev–Trinajstić information content (AvgIpc) is 2.86. The Kier molecular flexibility index (Phi) is 3.94. The van der Waals surface area contributed by atoms with Gasteiger partial charge in [0, 0.05) is 18.3 Å². The fourth-order valence-corrected chi connectivity index (χ4v) is 2.85. The van der Waals surface area contributed by atoms with Gasteiger partial charge in [-0.1, -0.05) is 13.8 Å². The molecule has 0 radical (unpaired) electrons. The summed E-state index contributed by atoms with van der Waals surface area (Å²) in [5, 5.41) is 8.81. The van der Waals surface area contributed by atoms with Gasteiger partial charge in [-0.15, -0.1) is 0 Å². The van der Waals surface area contributed by atoms with Crippen LogP contribution >= 0.6 is 0 Å². The first-order valence-corrected chi connectivity index (χ1v) is 6.72. The summed E-state index contributed by atoms with van der Waals surface area (Å²) in [6, 6.07) is 5.88. The molecule has 1 atom stereocenters. The molecule has 1 aromatic rings. The first kappa shape index (κ1) is 14.7. The van der Waals surface area contributed by atoms with E-state index in [1.54, 1.807) is 12.1 Å². The predicted octanol–water partition coefficient (Wildman–Crippen LogP) is 4.20. The Morgan fingerprint density at radius 3 is 2.60 bits per heavy atom. The standard InChI is InChI=1S/C15H17F3N2/c1-10(2)14-4-3-7-20(14)12-6-5-11(9-19)13(8-12)15(16,17)18/h5-6,8,10,14H,3-4,7H2,1-2H3. The van der Waals surface area contributed by atoms with Crippen LogP contribution in [0.5, 0.6) is 0 Å². The van der Waals surface area contributed by atoms with Crippen molar-refractivity contribution in [2.75, 3.05) is 11.4 Å². The second-order valence-electron chi connectivity index (χ2n) is 5.49. The van der Waals surface area contributed by atoms with E-state index in [1.807, 2.05) is 4.90 Å². The summed E-state index contributed by atoms with van der Waals surface area (Å²) in [5.41, 5.74) is -0.596. The fraction of sp³-hybridized carbons (Fsp3) is 0.533. The van der Waals surface area contributed by atoms with E-state index >= 15 is 0 Å². The third-order valence-corrected chi connectivity index (χ3v) is 3.83. The summed E-state index contributed by atoms with van der Waals surface area (Å²) >= 11 is 0. The Balaban J connectivity index is 2.42. The summed E-state index contributed by atoms with van der Waals surface area (Å²) < 4.78 is 39.0. The fourth-order valence-electron chi connectivity index (χ4n) is 2.85. The number of rotatable bonds is 2. The van der Waals surface area contributed by atoms with E-state index in [0.29, 0.717) is 11.6 Å². The van der Waals surface area contributed by atoms with Gasteiger partial charge in [-0.25, -0.2) is 0 Å². The zero-order chi connectivity index (χ0) is 14.9. The van der Waals surface area contributed by atoms with Crippen LogP contribution in [0.25, 0.3) is 0 Å². The van der Waals surface area contributed by atoms with Gasteiger partial charge in [0.05, 0.1) is 17.2 Å². The highest BCUT2D eigenvalue weighted by atomic mass is 19.4. The number of benzene rings is 1. The SMILES string of the molecule is CC(C)C1CCCN1c1ccc(C#N)c(C(F)(F)F)c1. The minimum Gasteiger partial charge on any atom is -0.368 e. The van der Waals surface area contributed by atoms with Gasteiger partial charge in [-0.05, 0) is 37.0 Å². The minimum atomic E-state index is -4.49. The van der Waals surface area contributed by atoms with Crippen LogP contribution in [-0.2, 0) is 6.18 Å². The zero-order valence-electron chi connectivity index (χ0n) is 11.5. The first-order chi connectivity index (χ1) is 9.34. The summed E-state index contributed by atoms with van der Waals surface area (Å²) in [7, 11) is 0. The quantitative estimate of drug-likeness (QED) is 0.812. The van der Waals surface area contributed by atoms with Crippen LogP contribution in [0.15, 0.2) is 18.2 Å². The minimum absolute atomic E-state index is 0.268. The molecule has 1 heterocycles. The van der Waals surface area contributed by atoms with Crippen LogP contribution in [0.4, 0.5) is 18.9 Å².